The Kier molecular flexibility index (Phi) is 9.69. The largest absolute Gasteiger partial charge is 0.465 e. The fourth-order valence-electron chi connectivity index (χ4n) is 4.54. The van der Waals surface area contributed by atoms with E-state index in [1.165, 1.54) is 5.01 Å². The topological polar surface area (TPSA) is 88.2 Å². The Morgan fingerprint density at radius 2 is 1.59 bits per heavy atom. The molecule has 0 bridgehead atoms. The number of hydrazine groups is 1. The standard InChI is InChI=1S/C29H39N3O5/c1-6-36-27(34)25(17-16-21-12-8-7-9-13-21)30-31(5)28(35)32(20-26(33)37-29(2,3)4)24-18-22-14-10-11-15-23(22)19-24/h7-15,24-25,30H,6,16-20H2,1-5H3. The van der Waals surface area contributed by atoms with Gasteiger partial charge in [-0.3, -0.25) is 14.6 Å². The first-order valence-corrected chi connectivity index (χ1v) is 12.9. The molecule has 1 unspecified atom stereocenters. The smallest absolute Gasteiger partial charge is 0.334 e. The predicted octanol–water partition coefficient (Wildman–Crippen LogP) is 3.92. The van der Waals surface area contributed by atoms with Crippen LogP contribution in [0.4, 0.5) is 4.79 Å². The van der Waals surface area contributed by atoms with Crippen LogP contribution < -0.4 is 5.43 Å². The van der Waals surface area contributed by atoms with Gasteiger partial charge in [0, 0.05) is 13.1 Å². The molecule has 37 heavy (non-hydrogen) atoms. The third kappa shape index (κ3) is 8.32. The zero-order chi connectivity index (χ0) is 27.0. The number of ether oxygens (including phenoxy) is 2. The SMILES string of the molecule is CCOC(=O)C(CCc1ccccc1)NN(C)C(=O)N(CC(=O)OC(C)(C)C)C1Cc2ccccc2C1. The maximum Gasteiger partial charge on any atom is 0.334 e. The van der Waals surface area contributed by atoms with Gasteiger partial charge in [0.2, 0.25) is 0 Å². The van der Waals surface area contributed by atoms with E-state index in [1.54, 1.807) is 39.6 Å². The van der Waals surface area contributed by atoms with Gasteiger partial charge >= 0.3 is 18.0 Å². The van der Waals surface area contributed by atoms with Crippen molar-refractivity contribution in [2.45, 2.75) is 71.1 Å². The van der Waals surface area contributed by atoms with Crippen LogP contribution in [0.5, 0.6) is 0 Å². The molecule has 0 fully saturated rings. The molecule has 2 aromatic carbocycles. The number of esters is 2. The van der Waals surface area contributed by atoms with E-state index in [0.29, 0.717) is 25.7 Å². The average Bonchev–Trinajstić information content (AvgIpc) is 3.28. The van der Waals surface area contributed by atoms with E-state index in [0.717, 1.165) is 16.7 Å². The maximum absolute atomic E-state index is 13.7. The van der Waals surface area contributed by atoms with E-state index in [4.69, 9.17) is 9.47 Å². The summed E-state index contributed by atoms with van der Waals surface area (Å²) in [6, 6.07) is 16.6. The van der Waals surface area contributed by atoms with Gasteiger partial charge in [0.05, 0.1) is 6.61 Å². The van der Waals surface area contributed by atoms with Gasteiger partial charge in [-0.2, -0.15) is 0 Å². The minimum absolute atomic E-state index is 0.186. The summed E-state index contributed by atoms with van der Waals surface area (Å²) < 4.78 is 10.8. The fourth-order valence-corrected chi connectivity index (χ4v) is 4.54. The number of hydrogen-bond acceptors (Lipinski definition) is 6. The van der Waals surface area contributed by atoms with Gasteiger partial charge in [0.1, 0.15) is 18.2 Å². The normalized spacial score (nSPS) is 14.0. The van der Waals surface area contributed by atoms with Gasteiger partial charge in [-0.25, -0.2) is 10.2 Å². The number of nitrogens with zero attached hydrogens (tertiary/aromatic N) is 2. The Hall–Kier alpha value is -3.39. The number of hydrogen-bond donors (Lipinski definition) is 1. The second kappa shape index (κ2) is 12.7. The van der Waals surface area contributed by atoms with Gasteiger partial charge < -0.3 is 14.4 Å². The average molecular weight is 510 g/mol. The van der Waals surface area contributed by atoms with Gasteiger partial charge in [-0.15, -0.1) is 0 Å². The maximum atomic E-state index is 13.7. The monoisotopic (exact) mass is 509 g/mol. The Balaban J connectivity index is 1.75. The van der Waals surface area contributed by atoms with Crippen LogP contribution in [0.25, 0.3) is 0 Å². The molecule has 1 aliphatic rings. The van der Waals surface area contributed by atoms with E-state index in [2.05, 4.69) is 5.43 Å². The summed E-state index contributed by atoms with van der Waals surface area (Å²) in [5.74, 6) is -0.902. The molecule has 0 aliphatic heterocycles. The second-order valence-electron chi connectivity index (χ2n) is 10.3. The Bertz CT molecular complexity index is 1040. The summed E-state index contributed by atoms with van der Waals surface area (Å²) in [6.45, 7) is 7.20. The molecule has 1 N–H and O–H groups in total. The van der Waals surface area contributed by atoms with Crippen molar-refractivity contribution in [2.75, 3.05) is 20.2 Å². The molecule has 1 aliphatic carbocycles. The number of rotatable bonds is 10. The third-order valence-corrected chi connectivity index (χ3v) is 6.21. The summed E-state index contributed by atoms with van der Waals surface area (Å²) in [7, 11) is 1.57. The number of aryl methyl sites for hydroxylation is 1. The first-order chi connectivity index (χ1) is 17.6. The van der Waals surface area contributed by atoms with E-state index in [1.807, 2.05) is 54.6 Å². The lowest BCUT2D eigenvalue weighted by Gasteiger charge is -2.34. The number of carbonyl (C=O) groups excluding carboxylic acids is 3. The Labute approximate surface area is 219 Å². The lowest BCUT2D eigenvalue weighted by molar-refractivity contribution is -0.156. The highest BCUT2D eigenvalue weighted by molar-refractivity contribution is 5.82. The zero-order valence-electron chi connectivity index (χ0n) is 22.5. The minimum Gasteiger partial charge on any atom is -0.465 e. The van der Waals surface area contributed by atoms with Gasteiger partial charge in [0.15, 0.2) is 0 Å². The molecule has 3 rings (SSSR count). The molecular formula is C29H39N3O5. The molecule has 0 spiro atoms. The molecule has 0 saturated carbocycles. The minimum atomic E-state index is -0.724. The van der Waals surface area contributed by atoms with Crippen molar-refractivity contribution >= 4 is 18.0 Å². The predicted molar refractivity (Wildman–Crippen MR) is 142 cm³/mol. The van der Waals surface area contributed by atoms with Crippen molar-refractivity contribution in [1.29, 1.82) is 0 Å². The van der Waals surface area contributed by atoms with E-state index in [9.17, 15) is 14.4 Å². The highest BCUT2D eigenvalue weighted by Gasteiger charge is 2.35. The molecule has 0 radical (unpaired) electrons. The van der Waals surface area contributed by atoms with Crippen molar-refractivity contribution in [1.82, 2.24) is 15.3 Å². The number of amides is 2. The Morgan fingerprint density at radius 1 is 1.00 bits per heavy atom. The molecule has 0 aromatic heterocycles. The van der Waals surface area contributed by atoms with Crippen molar-refractivity contribution in [3.05, 3.63) is 71.3 Å². The summed E-state index contributed by atoms with van der Waals surface area (Å²) in [6.07, 6.45) is 2.38. The lowest BCUT2D eigenvalue weighted by atomic mass is 10.1. The number of nitrogens with one attached hydrogen (secondary N) is 1. The van der Waals surface area contributed by atoms with Crippen LogP contribution in [0.3, 0.4) is 0 Å². The number of fused-ring (bicyclic) bond motifs is 1. The van der Waals surface area contributed by atoms with Gasteiger partial charge in [0.25, 0.3) is 0 Å². The van der Waals surface area contributed by atoms with Crippen molar-refractivity contribution < 1.29 is 23.9 Å². The molecule has 8 nitrogen and oxygen atoms in total. The van der Waals surface area contributed by atoms with Gasteiger partial charge in [-0.05, 0) is 70.1 Å². The highest BCUT2D eigenvalue weighted by Crippen LogP contribution is 2.26. The van der Waals surface area contributed by atoms with Crippen LogP contribution in [0.2, 0.25) is 0 Å². The molecule has 2 aromatic rings. The highest BCUT2D eigenvalue weighted by atomic mass is 16.6. The summed E-state index contributed by atoms with van der Waals surface area (Å²) in [5, 5.41) is 1.29. The first kappa shape index (κ1) is 28.2. The molecular weight excluding hydrogens is 470 g/mol. The van der Waals surface area contributed by atoms with Crippen molar-refractivity contribution in [2.24, 2.45) is 0 Å². The van der Waals surface area contributed by atoms with Crippen LogP contribution in [0, 0.1) is 0 Å². The van der Waals surface area contributed by atoms with Crippen LogP contribution in [0.15, 0.2) is 54.6 Å². The van der Waals surface area contributed by atoms with Crippen LogP contribution in [-0.2, 0) is 38.3 Å². The molecule has 8 heteroatoms. The number of urea groups is 1. The quantitative estimate of drug-likeness (QED) is 0.386. The van der Waals surface area contributed by atoms with Crippen LogP contribution in [0.1, 0.15) is 50.8 Å². The molecule has 0 heterocycles. The zero-order valence-corrected chi connectivity index (χ0v) is 22.5. The second-order valence-corrected chi connectivity index (χ2v) is 10.3. The Morgan fingerprint density at radius 3 is 2.16 bits per heavy atom. The van der Waals surface area contributed by atoms with Gasteiger partial charge in [-0.1, -0.05) is 54.6 Å². The molecule has 1 atom stereocenters. The first-order valence-electron chi connectivity index (χ1n) is 12.9. The molecule has 0 saturated heterocycles. The molecule has 200 valence electrons. The van der Waals surface area contributed by atoms with Crippen molar-refractivity contribution in [3.63, 3.8) is 0 Å². The number of benzene rings is 2. The van der Waals surface area contributed by atoms with Crippen LogP contribution >= 0.6 is 0 Å². The number of carbonyl (C=O) groups is 3. The summed E-state index contributed by atoms with van der Waals surface area (Å²) in [5.41, 5.74) is 5.78. The lowest BCUT2D eigenvalue weighted by Crippen LogP contribution is -2.57. The van der Waals surface area contributed by atoms with E-state index < -0.39 is 29.6 Å². The fraction of sp³-hybridized carbons (Fsp3) is 0.483. The van der Waals surface area contributed by atoms with Crippen LogP contribution in [-0.4, -0.2) is 65.8 Å². The van der Waals surface area contributed by atoms with E-state index >= 15 is 0 Å². The van der Waals surface area contributed by atoms with Crippen molar-refractivity contribution in [3.8, 4) is 0 Å². The summed E-state index contributed by atoms with van der Waals surface area (Å²) in [4.78, 5) is 40.7. The van der Waals surface area contributed by atoms with E-state index in [-0.39, 0.29) is 19.2 Å². The third-order valence-electron chi connectivity index (χ3n) is 6.21. The molecule has 2 amide bonds. The summed E-state index contributed by atoms with van der Waals surface area (Å²) >= 11 is 0.